The van der Waals surface area contributed by atoms with E-state index in [9.17, 15) is 9.90 Å². The lowest BCUT2D eigenvalue weighted by atomic mass is 9.96. The second kappa shape index (κ2) is 4.37. The number of phenols is 1. The molecule has 4 N–H and O–H groups in total. The number of benzene rings is 1. The first kappa shape index (κ1) is 11.9. The number of rotatable bonds is 4. The van der Waals surface area contributed by atoms with E-state index in [0.717, 1.165) is 12.8 Å². The summed E-state index contributed by atoms with van der Waals surface area (Å²) in [6, 6.07) is 6.95. The molecule has 17 heavy (non-hydrogen) atoms. The molecule has 2 rings (SSSR count). The lowest BCUT2D eigenvalue weighted by Gasteiger charge is -2.23. The van der Waals surface area contributed by atoms with Crippen LogP contribution in [-0.4, -0.2) is 16.6 Å². The molecule has 1 aliphatic carbocycles. The SMILES string of the molecule is CC(N)(C(=O)NCc1ccccc1O)C1CC1. The average molecular weight is 234 g/mol. The molecule has 4 nitrogen and oxygen atoms in total. The molecule has 4 heteroatoms. The Morgan fingerprint density at radius 1 is 1.53 bits per heavy atom. The Hall–Kier alpha value is -1.55. The minimum absolute atomic E-state index is 0.150. The van der Waals surface area contributed by atoms with E-state index in [1.54, 1.807) is 25.1 Å². The Balaban J connectivity index is 1.94. The van der Waals surface area contributed by atoms with Gasteiger partial charge in [-0.3, -0.25) is 4.79 Å². The second-order valence-electron chi connectivity index (χ2n) is 4.87. The summed E-state index contributed by atoms with van der Waals surface area (Å²) in [6.07, 6.45) is 2.05. The fourth-order valence-corrected chi connectivity index (χ4v) is 1.89. The summed E-state index contributed by atoms with van der Waals surface area (Å²) in [6.45, 7) is 2.08. The minimum atomic E-state index is -0.787. The quantitative estimate of drug-likeness (QED) is 0.731. The summed E-state index contributed by atoms with van der Waals surface area (Å²) in [5.74, 6) is 0.341. The molecule has 1 unspecified atom stereocenters. The summed E-state index contributed by atoms with van der Waals surface area (Å²) in [5.41, 5.74) is 5.91. The van der Waals surface area contributed by atoms with Crippen LogP contribution in [0.25, 0.3) is 0 Å². The van der Waals surface area contributed by atoms with Crippen LogP contribution < -0.4 is 11.1 Å². The van der Waals surface area contributed by atoms with Crippen molar-refractivity contribution in [3.05, 3.63) is 29.8 Å². The summed E-state index contributed by atoms with van der Waals surface area (Å²) >= 11 is 0. The first-order chi connectivity index (χ1) is 8.01. The van der Waals surface area contributed by atoms with Gasteiger partial charge in [-0.15, -0.1) is 0 Å². The van der Waals surface area contributed by atoms with Gasteiger partial charge in [0.2, 0.25) is 5.91 Å². The molecule has 1 aromatic rings. The molecule has 1 amide bonds. The van der Waals surface area contributed by atoms with Gasteiger partial charge in [0.15, 0.2) is 0 Å². The highest BCUT2D eigenvalue weighted by Crippen LogP contribution is 2.38. The molecule has 1 aromatic carbocycles. The van der Waals surface area contributed by atoms with Crippen LogP contribution in [-0.2, 0) is 11.3 Å². The van der Waals surface area contributed by atoms with Gasteiger partial charge >= 0.3 is 0 Å². The highest BCUT2D eigenvalue weighted by molar-refractivity contribution is 5.86. The number of hydrogen-bond donors (Lipinski definition) is 3. The maximum absolute atomic E-state index is 11.9. The van der Waals surface area contributed by atoms with E-state index in [1.165, 1.54) is 0 Å². The minimum Gasteiger partial charge on any atom is -0.508 e. The Morgan fingerprint density at radius 2 is 2.18 bits per heavy atom. The van der Waals surface area contributed by atoms with Crippen LogP contribution in [0, 0.1) is 5.92 Å². The van der Waals surface area contributed by atoms with Gasteiger partial charge in [0, 0.05) is 12.1 Å². The van der Waals surface area contributed by atoms with E-state index in [-0.39, 0.29) is 11.7 Å². The molecule has 0 heterocycles. The van der Waals surface area contributed by atoms with Gasteiger partial charge in [-0.05, 0) is 31.7 Å². The van der Waals surface area contributed by atoms with Crippen molar-refractivity contribution < 1.29 is 9.90 Å². The fourth-order valence-electron chi connectivity index (χ4n) is 1.89. The highest BCUT2D eigenvalue weighted by atomic mass is 16.3. The summed E-state index contributed by atoms with van der Waals surface area (Å²) in [4.78, 5) is 11.9. The van der Waals surface area contributed by atoms with E-state index in [4.69, 9.17) is 5.73 Å². The Kier molecular flexibility index (Phi) is 3.07. The van der Waals surface area contributed by atoms with Crippen molar-refractivity contribution in [1.29, 1.82) is 0 Å². The zero-order chi connectivity index (χ0) is 12.5. The number of carbonyl (C=O) groups is 1. The van der Waals surface area contributed by atoms with Gasteiger partial charge in [0.05, 0.1) is 5.54 Å². The molecule has 0 spiro atoms. The Labute approximate surface area is 101 Å². The third-order valence-electron chi connectivity index (χ3n) is 3.35. The molecular formula is C13H18N2O2. The van der Waals surface area contributed by atoms with Crippen LogP contribution in [0.2, 0.25) is 0 Å². The second-order valence-corrected chi connectivity index (χ2v) is 4.87. The zero-order valence-electron chi connectivity index (χ0n) is 9.94. The third kappa shape index (κ3) is 2.58. The number of phenolic OH excluding ortho intramolecular Hbond substituents is 1. The van der Waals surface area contributed by atoms with Crippen molar-refractivity contribution >= 4 is 5.91 Å². The van der Waals surface area contributed by atoms with Crippen molar-refractivity contribution in [3.8, 4) is 5.75 Å². The van der Waals surface area contributed by atoms with E-state index < -0.39 is 5.54 Å². The zero-order valence-corrected chi connectivity index (χ0v) is 9.94. The van der Waals surface area contributed by atoms with E-state index in [2.05, 4.69) is 5.32 Å². The van der Waals surface area contributed by atoms with Gasteiger partial charge in [-0.2, -0.15) is 0 Å². The molecule has 0 aliphatic heterocycles. The van der Waals surface area contributed by atoms with Crippen LogP contribution in [0.5, 0.6) is 5.75 Å². The van der Waals surface area contributed by atoms with Gasteiger partial charge in [-0.1, -0.05) is 18.2 Å². The van der Waals surface area contributed by atoms with Crippen molar-refractivity contribution in [2.24, 2.45) is 11.7 Å². The molecule has 1 fully saturated rings. The molecule has 0 aromatic heterocycles. The van der Waals surface area contributed by atoms with Crippen LogP contribution in [0.3, 0.4) is 0 Å². The third-order valence-corrected chi connectivity index (χ3v) is 3.35. The highest BCUT2D eigenvalue weighted by Gasteiger charge is 2.43. The lowest BCUT2D eigenvalue weighted by Crippen LogP contribution is -2.53. The average Bonchev–Trinajstić information content (AvgIpc) is 3.11. The number of aromatic hydroxyl groups is 1. The van der Waals surface area contributed by atoms with Gasteiger partial charge in [0.1, 0.15) is 5.75 Å². The van der Waals surface area contributed by atoms with E-state index in [1.807, 2.05) is 6.07 Å². The molecule has 0 saturated heterocycles. The number of para-hydroxylation sites is 1. The summed E-state index contributed by atoms with van der Waals surface area (Å²) in [7, 11) is 0. The van der Waals surface area contributed by atoms with Crippen LogP contribution in [0.1, 0.15) is 25.3 Å². The monoisotopic (exact) mass is 234 g/mol. The predicted molar refractivity (Wildman–Crippen MR) is 65.3 cm³/mol. The number of hydrogen-bond acceptors (Lipinski definition) is 3. The maximum Gasteiger partial charge on any atom is 0.240 e. The standard InChI is InChI=1S/C13H18N2O2/c1-13(14,10-6-7-10)12(17)15-8-9-4-2-3-5-11(9)16/h2-5,10,16H,6-8,14H2,1H3,(H,15,17). The lowest BCUT2D eigenvalue weighted by molar-refractivity contribution is -0.126. The van der Waals surface area contributed by atoms with Crippen LogP contribution in [0.4, 0.5) is 0 Å². The maximum atomic E-state index is 11.9. The first-order valence-corrected chi connectivity index (χ1v) is 5.86. The molecule has 0 bridgehead atoms. The number of nitrogens with two attached hydrogens (primary N) is 1. The number of amides is 1. The van der Waals surface area contributed by atoms with E-state index in [0.29, 0.717) is 18.0 Å². The number of nitrogens with one attached hydrogen (secondary N) is 1. The molecule has 1 saturated carbocycles. The largest absolute Gasteiger partial charge is 0.508 e. The summed E-state index contributed by atoms with van der Waals surface area (Å²) < 4.78 is 0. The topological polar surface area (TPSA) is 75.4 Å². The normalized spacial score (nSPS) is 18.5. The fraction of sp³-hybridized carbons (Fsp3) is 0.462. The molecule has 0 radical (unpaired) electrons. The van der Waals surface area contributed by atoms with Crippen LogP contribution in [0.15, 0.2) is 24.3 Å². The Bertz CT molecular complexity index is 425. The molecular weight excluding hydrogens is 216 g/mol. The molecule has 92 valence electrons. The number of carbonyl (C=O) groups excluding carboxylic acids is 1. The van der Waals surface area contributed by atoms with Gasteiger partial charge in [0.25, 0.3) is 0 Å². The predicted octanol–water partition coefficient (Wildman–Crippen LogP) is 1.14. The smallest absolute Gasteiger partial charge is 0.240 e. The summed E-state index contributed by atoms with van der Waals surface area (Å²) in [5, 5.41) is 12.3. The van der Waals surface area contributed by atoms with Crippen molar-refractivity contribution in [2.45, 2.75) is 31.8 Å². The van der Waals surface area contributed by atoms with Crippen molar-refractivity contribution in [3.63, 3.8) is 0 Å². The van der Waals surface area contributed by atoms with Crippen molar-refractivity contribution in [2.75, 3.05) is 0 Å². The van der Waals surface area contributed by atoms with E-state index >= 15 is 0 Å². The van der Waals surface area contributed by atoms with Gasteiger partial charge in [-0.25, -0.2) is 0 Å². The van der Waals surface area contributed by atoms with Crippen LogP contribution >= 0.6 is 0 Å². The van der Waals surface area contributed by atoms with Gasteiger partial charge < -0.3 is 16.2 Å². The molecule has 1 atom stereocenters. The van der Waals surface area contributed by atoms with Crippen molar-refractivity contribution in [1.82, 2.24) is 5.32 Å². The first-order valence-electron chi connectivity index (χ1n) is 5.86. The molecule has 1 aliphatic rings. The Morgan fingerprint density at radius 3 is 2.76 bits per heavy atom.